The van der Waals surface area contributed by atoms with Crippen LogP contribution in [-0.4, -0.2) is 55.1 Å². The molecule has 1 aromatic carbocycles. The average Bonchev–Trinajstić information content (AvgIpc) is 3.63. The maximum absolute atomic E-state index is 14.2. The van der Waals surface area contributed by atoms with E-state index in [0.717, 1.165) is 12.8 Å². The molecule has 34 heavy (non-hydrogen) atoms. The zero-order chi connectivity index (χ0) is 24.3. The Morgan fingerprint density at radius 2 is 1.85 bits per heavy atom. The summed E-state index contributed by atoms with van der Waals surface area (Å²) in [6.07, 6.45) is 2.58. The minimum atomic E-state index is -0.943. The number of aromatic nitrogens is 1. The van der Waals surface area contributed by atoms with E-state index in [0.29, 0.717) is 38.2 Å². The van der Waals surface area contributed by atoms with Crippen LogP contribution >= 0.6 is 0 Å². The minimum absolute atomic E-state index is 0.0667. The molecule has 2 aliphatic rings. The summed E-state index contributed by atoms with van der Waals surface area (Å²) in [7, 11) is 1.22. The molecule has 3 N–H and O–H groups in total. The Kier molecular flexibility index (Phi) is 6.67. The Labute approximate surface area is 195 Å². The number of aromatic amines is 1. The van der Waals surface area contributed by atoms with E-state index in [2.05, 4.69) is 15.6 Å². The number of anilines is 1. The highest BCUT2D eigenvalue weighted by Gasteiger charge is 2.51. The van der Waals surface area contributed by atoms with Crippen molar-refractivity contribution in [3.8, 4) is 0 Å². The van der Waals surface area contributed by atoms with Gasteiger partial charge in [0.25, 0.3) is 5.91 Å². The molecular formula is C24H27FN4O5. The molecule has 0 atom stereocenters. The molecule has 180 valence electrons. The second kappa shape index (κ2) is 9.66. The van der Waals surface area contributed by atoms with E-state index in [1.54, 1.807) is 12.1 Å². The number of hydrogen-bond donors (Lipinski definition) is 3. The largest absolute Gasteiger partial charge is 0.465 e. The predicted molar refractivity (Wildman–Crippen MR) is 122 cm³/mol. The molecule has 0 unspecified atom stereocenters. The number of nitrogens with one attached hydrogen (secondary N) is 3. The molecule has 0 radical (unpaired) electrons. The van der Waals surface area contributed by atoms with Crippen LogP contribution in [0.25, 0.3) is 0 Å². The SMILES string of the molecule is COC(=O)c1c(F)cccc1N1CCC(CNC(=O)C2(NC(=O)c3cccc(=O)[nH]3)CC2)CC1. The highest BCUT2D eigenvalue weighted by atomic mass is 19.1. The number of piperidine rings is 1. The number of methoxy groups -OCH3 is 1. The molecule has 2 heterocycles. The summed E-state index contributed by atoms with van der Waals surface area (Å²) in [5.41, 5.74) is -0.773. The number of esters is 1. The molecule has 1 aromatic heterocycles. The van der Waals surface area contributed by atoms with Crippen LogP contribution in [-0.2, 0) is 9.53 Å². The number of benzene rings is 1. The molecule has 0 bridgehead atoms. The van der Waals surface area contributed by atoms with Gasteiger partial charge >= 0.3 is 5.97 Å². The second-order valence-corrected chi connectivity index (χ2v) is 8.73. The zero-order valence-electron chi connectivity index (χ0n) is 18.9. The molecule has 1 aliphatic heterocycles. The summed E-state index contributed by atoms with van der Waals surface area (Å²) >= 11 is 0. The van der Waals surface area contributed by atoms with Gasteiger partial charge in [-0.1, -0.05) is 12.1 Å². The van der Waals surface area contributed by atoms with E-state index in [1.807, 2.05) is 4.90 Å². The van der Waals surface area contributed by atoms with Crippen molar-refractivity contribution in [3.63, 3.8) is 0 Å². The van der Waals surface area contributed by atoms with Gasteiger partial charge in [0.1, 0.15) is 22.6 Å². The summed E-state index contributed by atoms with van der Waals surface area (Å²) in [5.74, 6) is -1.84. The van der Waals surface area contributed by atoms with Gasteiger partial charge in [0, 0.05) is 25.7 Å². The summed E-state index contributed by atoms with van der Waals surface area (Å²) in [6.45, 7) is 1.67. The molecule has 1 saturated carbocycles. The molecule has 1 aliphatic carbocycles. The normalized spacial score (nSPS) is 17.1. The lowest BCUT2D eigenvalue weighted by Gasteiger charge is -2.34. The Hall–Kier alpha value is -3.69. The third kappa shape index (κ3) is 4.95. The third-order valence-electron chi connectivity index (χ3n) is 6.44. The van der Waals surface area contributed by atoms with Crippen LogP contribution in [0.1, 0.15) is 46.5 Å². The molecule has 2 amide bonds. The molecule has 4 rings (SSSR count). The summed E-state index contributed by atoms with van der Waals surface area (Å²) in [4.78, 5) is 53.1. The topological polar surface area (TPSA) is 121 Å². The smallest absolute Gasteiger partial charge is 0.342 e. The minimum Gasteiger partial charge on any atom is -0.465 e. The molecule has 9 nitrogen and oxygen atoms in total. The Balaban J connectivity index is 1.30. The van der Waals surface area contributed by atoms with Crippen LogP contribution in [0.5, 0.6) is 0 Å². The molecule has 0 spiro atoms. The maximum Gasteiger partial charge on any atom is 0.342 e. The molecular weight excluding hydrogens is 443 g/mol. The maximum atomic E-state index is 14.2. The Morgan fingerprint density at radius 1 is 1.15 bits per heavy atom. The van der Waals surface area contributed by atoms with Crippen molar-refractivity contribution >= 4 is 23.5 Å². The van der Waals surface area contributed by atoms with Gasteiger partial charge < -0.3 is 25.3 Å². The first-order chi connectivity index (χ1) is 16.3. The second-order valence-electron chi connectivity index (χ2n) is 8.73. The lowest BCUT2D eigenvalue weighted by atomic mass is 9.95. The zero-order valence-corrected chi connectivity index (χ0v) is 18.9. The van der Waals surface area contributed by atoms with Crippen LogP contribution < -0.4 is 21.1 Å². The van der Waals surface area contributed by atoms with Crippen molar-refractivity contribution in [2.75, 3.05) is 31.6 Å². The van der Waals surface area contributed by atoms with Crippen LogP contribution in [0.15, 0.2) is 41.2 Å². The average molecular weight is 471 g/mol. The van der Waals surface area contributed by atoms with Gasteiger partial charge in [-0.25, -0.2) is 9.18 Å². The number of nitrogens with zero attached hydrogens (tertiary/aromatic N) is 1. The number of ether oxygens (including phenoxy) is 1. The van der Waals surface area contributed by atoms with Crippen molar-refractivity contribution < 1.29 is 23.5 Å². The van der Waals surface area contributed by atoms with E-state index >= 15 is 0 Å². The van der Waals surface area contributed by atoms with Gasteiger partial charge in [-0.05, 0) is 49.8 Å². The third-order valence-corrected chi connectivity index (χ3v) is 6.44. The Bertz CT molecular complexity index is 1150. The van der Waals surface area contributed by atoms with E-state index in [4.69, 9.17) is 4.74 Å². The molecule has 2 fully saturated rings. The number of H-pyrrole nitrogens is 1. The number of amides is 2. The highest BCUT2D eigenvalue weighted by molar-refractivity contribution is 5.99. The number of hydrogen-bond acceptors (Lipinski definition) is 6. The molecule has 2 aromatic rings. The predicted octanol–water partition coefficient (Wildman–Crippen LogP) is 1.60. The fourth-order valence-electron chi connectivity index (χ4n) is 4.26. The van der Waals surface area contributed by atoms with Crippen LogP contribution in [0.3, 0.4) is 0 Å². The van der Waals surface area contributed by atoms with Gasteiger partial charge in [0.2, 0.25) is 11.5 Å². The Morgan fingerprint density at radius 3 is 2.50 bits per heavy atom. The van der Waals surface area contributed by atoms with Crippen LogP contribution in [0.4, 0.5) is 10.1 Å². The number of carbonyl (C=O) groups is 3. The number of carbonyl (C=O) groups excluding carboxylic acids is 3. The van der Waals surface area contributed by atoms with Gasteiger partial charge in [0.15, 0.2) is 0 Å². The standard InChI is InChI=1S/C24H27FN4O5/c1-34-22(32)20-16(25)4-2-6-18(20)29-12-8-15(9-13-29)14-26-23(33)24(10-11-24)28-21(31)17-5-3-7-19(30)27-17/h2-7,15H,8-14H2,1H3,(H,26,33)(H,27,30)(H,28,31). The van der Waals surface area contributed by atoms with Gasteiger partial charge in [-0.2, -0.15) is 0 Å². The van der Waals surface area contributed by atoms with Crippen molar-refractivity contribution in [1.29, 1.82) is 0 Å². The van der Waals surface area contributed by atoms with E-state index in [-0.39, 0.29) is 28.6 Å². The first-order valence-electron chi connectivity index (χ1n) is 11.2. The lowest BCUT2D eigenvalue weighted by molar-refractivity contribution is -0.124. The van der Waals surface area contributed by atoms with Crippen molar-refractivity contribution in [2.45, 2.75) is 31.2 Å². The highest BCUT2D eigenvalue weighted by Crippen LogP contribution is 2.36. The number of rotatable bonds is 7. The van der Waals surface area contributed by atoms with Crippen molar-refractivity contribution in [3.05, 3.63) is 63.8 Å². The quantitative estimate of drug-likeness (QED) is 0.529. The molecule has 10 heteroatoms. The molecule has 1 saturated heterocycles. The fraction of sp³-hybridized carbons (Fsp3) is 0.417. The number of halogens is 1. The van der Waals surface area contributed by atoms with Crippen molar-refractivity contribution in [2.24, 2.45) is 5.92 Å². The van der Waals surface area contributed by atoms with Gasteiger partial charge in [-0.3, -0.25) is 14.4 Å². The van der Waals surface area contributed by atoms with E-state index in [9.17, 15) is 23.6 Å². The van der Waals surface area contributed by atoms with Crippen molar-refractivity contribution in [1.82, 2.24) is 15.6 Å². The van der Waals surface area contributed by atoms with Crippen LogP contribution in [0, 0.1) is 11.7 Å². The van der Waals surface area contributed by atoms with Crippen LogP contribution in [0.2, 0.25) is 0 Å². The first kappa shape index (κ1) is 23.5. The summed E-state index contributed by atoms with van der Waals surface area (Å²) in [5, 5.41) is 5.69. The summed E-state index contributed by atoms with van der Waals surface area (Å²) in [6, 6.07) is 8.79. The lowest BCUT2D eigenvalue weighted by Crippen LogP contribution is -2.50. The van der Waals surface area contributed by atoms with Gasteiger partial charge in [-0.15, -0.1) is 0 Å². The number of pyridine rings is 1. The van der Waals surface area contributed by atoms with Gasteiger partial charge in [0.05, 0.1) is 12.8 Å². The monoisotopic (exact) mass is 470 g/mol. The summed E-state index contributed by atoms with van der Waals surface area (Å²) < 4.78 is 19.0. The van der Waals surface area contributed by atoms with E-state index in [1.165, 1.54) is 31.4 Å². The first-order valence-corrected chi connectivity index (χ1v) is 11.2. The fourth-order valence-corrected chi connectivity index (χ4v) is 4.26. The van der Waals surface area contributed by atoms with E-state index < -0.39 is 23.2 Å².